The van der Waals surface area contributed by atoms with E-state index in [1.165, 1.54) is 23.5 Å². The van der Waals surface area contributed by atoms with Gasteiger partial charge in [0.05, 0.1) is 5.69 Å². The van der Waals surface area contributed by atoms with Crippen LogP contribution < -0.4 is 10.1 Å². The third-order valence-corrected chi connectivity index (χ3v) is 4.94. The second kappa shape index (κ2) is 7.40. The van der Waals surface area contributed by atoms with Crippen molar-refractivity contribution >= 4 is 22.2 Å². The molecular weight excluding hydrogens is 379 g/mol. The zero-order valence-electron chi connectivity index (χ0n) is 15.3. The molecule has 0 saturated carbocycles. The lowest BCUT2D eigenvalue weighted by Gasteiger charge is -2.08. The number of benzene rings is 2. The maximum Gasteiger partial charge on any atom is 0.272 e. The highest BCUT2D eigenvalue weighted by molar-refractivity contribution is 7.16. The number of nitrogens with zero attached hydrogens (tertiary/aromatic N) is 3. The fourth-order valence-corrected chi connectivity index (χ4v) is 3.57. The molecule has 2 heterocycles. The summed E-state index contributed by atoms with van der Waals surface area (Å²) in [6, 6.07) is 13.2. The van der Waals surface area contributed by atoms with E-state index in [1.54, 1.807) is 35.7 Å². The van der Waals surface area contributed by atoms with Crippen molar-refractivity contribution in [3.63, 3.8) is 0 Å². The minimum Gasteiger partial charge on any atom is -0.457 e. The maximum atomic E-state index is 12.9. The number of hydrogen-bond acceptors (Lipinski definition) is 5. The Morgan fingerprint density at radius 3 is 2.43 bits per heavy atom. The SMILES string of the molecule is Cc1nn2c(C(=O)NCc3ccc(Oc4ccc(F)cc4)cc3)c(C)nc2s1. The van der Waals surface area contributed by atoms with Gasteiger partial charge in [-0.25, -0.2) is 9.37 Å². The molecule has 6 nitrogen and oxygen atoms in total. The molecule has 0 fully saturated rings. The molecule has 142 valence electrons. The van der Waals surface area contributed by atoms with Crippen LogP contribution in [-0.2, 0) is 6.54 Å². The van der Waals surface area contributed by atoms with Crippen LogP contribution in [-0.4, -0.2) is 20.5 Å². The number of amides is 1. The largest absolute Gasteiger partial charge is 0.457 e. The molecule has 0 saturated heterocycles. The van der Waals surface area contributed by atoms with Crippen molar-refractivity contribution in [1.29, 1.82) is 0 Å². The molecule has 1 amide bonds. The van der Waals surface area contributed by atoms with Crippen LogP contribution >= 0.6 is 11.3 Å². The Kier molecular flexibility index (Phi) is 4.79. The summed E-state index contributed by atoms with van der Waals surface area (Å²) < 4.78 is 20.2. The minimum atomic E-state index is -0.308. The van der Waals surface area contributed by atoms with E-state index in [2.05, 4.69) is 15.4 Å². The van der Waals surface area contributed by atoms with E-state index >= 15 is 0 Å². The van der Waals surface area contributed by atoms with Gasteiger partial charge in [-0.3, -0.25) is 4.79 Å². The molecule has 8 heteroatoms. The molecule has 1 N–H and O–H groups in total. The van der Waals surface area contributed by atoms with E-state index in [-0.39, 0.29) is 11.7 Å². The molecule has 0 spiro atoms. The lowest BCUT2D eigenvalue weighted by Crippen LogP contribution is -2.25. The van der Waals surface area contributed by atoms with Crippen LogP contribution in [0.25, 0.3) is 4.96 Å². The normalized spacial score (nSPS) is 11.0. The zero-order valence-corrected chi connectivity index (χ0v) is 16.1. The molecule has 0 aliphatic rings. The van der Waals surface area contributed by atoms with E-state index in [0.29, 0.717) is 34.4 Å². The van der Waals surface area contributed by atoms with Gasteiger partial charge < -0.3 is 10.1 Å². The van der Waals surface area contributed by atoms with Gasteiger partial charge in [0.2, 0.25) is 4.96 Å². The van der Waals surface area contributed by atoms with Gasteiger partial charge in [-0.1, -0.05) is 23.5 Å². The smallest absolute Gasteiger partial charge is 0.272 e. The van der Waals surface area contributed by atoms with Gasteiger partial charge in [-0.2, -0.15) is 9.61 Å². The highest BCUT2D eigenvalue weighted by atomic mass is 32.1. The average molecular weight is 396 g/mol. The molecule has 0 aliphatic carbocycles. The summed E-state index contributed by atoms with van der Waals surface area (Å²) in [5.41, 5.74) is 2.03. The number of rotatable bonds is 5. The van der Waals surface area contributed by atoms with E-state index in [4.69, 9.17) is 4.74 Å². The van der Waals surface area contributed by atoms with Gasteiger partial charge in [0, 0.05) is 6.54 Å². The monoisotopic (exact) mass is 396 g/mol. The predicted molar refractivity (Wildman–Crippen MR) is 104 cm³/mol. The molecule has 2 aromatic heterocycles. The van der Waals surface area contributed by atoms with Gasteiger partial charge in [0.15, 0.2) is 5.69 Å². The molecule has 28 heavy (non-hydrogen) atoms. The van der Waals surface area contributed by atoms with Crippen molar-refractivity contribution < 1.29 is 13.9 Å². The molecule has 0 aliphatic heterocycles. The first-order valence-electron chi connectivity index (χ1n) is 8.63. The summed E-state index contributed by atoms with van der Waals surface area (Å²) in [7, 11) is 0. The van der Waals surface area contributed by atoms with Gasteiger partial charge in [0.25, 0.3) is 5.91 Å². The number of carbonyl (C=O) groups excluding carboxylic acids is 1. The number of aromatic nitrogens is 3. The minimum absolute atomic E-state index is 0.220. The highest BCUT2D eigenvalue weighted by Crippen LogP contribution is 2.22. The van der Waals surface area contributed by atoms with Crippen molar-refractivity contribution in [3.05, 3.63) is 76.3 Å². The lowest BCUT2D eigenvalue weighted by molar-refractivity contribution is 0.0943. The van der Waals surface area contributed by atoms with Crippen LogP contribution in [0.4, 0.5) is 4.39 Å². The van der Waals surface area contributed by atoms with Gasteiger partial charge in [-0.15, -0.1) is 0 Å². The van der Waals surface area contributed by atoms with E-state index in [1.807, 2.05) is 19.1 Å². The van der Waals surface area contributed by atoms with Crippen molar-refractivity contribution in [2.45, 2.75) is 20.4 Å². The Morgan fingerprint density at radius 1 is 1.11 bits per heavy atom. The Bertz CT molecular complexity index is 1130. The van der Waals surface area contributed by atoms with E-state index in [9.17, 15) is 9.18 Å². The number of hydrogen-bond donors (Lipinski definition) is 1. The molecule has 4 aromatic rings. The quantitative estimate of drug-likeness (QED) is 0.547. The third-order valence-electron chi connectivity index (χ3n) is 4.12. The zero-order chi connectivity index (χ0) is 19.7. The van der Waals surface area contributed by atoms with Crippen LogP contribution in [0.1, 0.15) is 26.8 Å². The summed E-state index contributed by atoms with van der Waals surface area (Å²) in [5, 5.41) is 8.10. The molecule has 0 unspecified atom stereocenters. The topological polar surface area (TPSA) is 68.5 Å². The summed E-state index contributed by atoms with van der Waals surface area (Å²) in [5.74, 6) is 0.660. The molecule has 4 rings (SSSR count). The average Bonchev–Trinajstić information content (AvgIpc) is 3.17. The molecule has 2 aromatic carbocycles. The Hall–Kier alpha value is -3.26. The van der Waals surface area contributed by atoms with Crippen LogP contribution in [0.2, 0.25) is 0 Å². The van der Waals surface area contributed by atoms with Gasteiger partial charge in [0.1, 0.15) is 22.3 Å². The fourth-order valence-electron chi connectivity index (χ4n) is 2.79. The van der Waals surface area contributed by atoms with Crippen molar-refractivity contribution in [1.82, 2.24) is 19.9 Å². The van der Waals surface area contributed by atoms with Gasteiger partial charge >= 0.3 is 0 Å². The van der Waals surface area contributed by atoms with Crippen LogP contribution in [0.15, 0.2) is 48.5 Å². The number of fused-ring (bicyclic) bond motifs is 1. The fraction of sp³-hybridized carbons (Fsp3) is 0.150. The standard InChI is InChI=1S/C20H17FN4O2S/c1-12-18(25-20(23-12)28-13(2)24-25)19(26)22-11-14-3-7-16(8-4-14)27-17-9-5-15(21)6-10-17/h3-10H,11H2,1-2H3,(H,22,26). The Morgan fingerprint density at radius 2 is 1.75 bits per heavy atom. The summed E-state index contributed by atoms with van der Waals surface area (Å²) in [6.07, 6.45) is 0. The maximum absolute atomic E-state index is 12.9. The Labute approximate surface area is 164 Å². The van der Waals surface area contributed by atoms with Crippen molar-refractivity contribution in [2.24, 2.45) is 0 Å². The number of nitrogens with one attached hydrogen (secondary N) is 1. The summed E-state index contributed by atoms with van der Waals surface area (Å²) >= 11 is 1.45. The highest BCUT2D eigenvalue weighted by Gasteiger charge is 2.19. The van der Waals surface area contributed by atoms with Crippen molar-refractivity contribution in [3.8, 4) is 11.5 Å². The van der Waals surface area contributed by atoms with E-state index < -0.39 is 0 Å². The number of aryl methyl sites for hydroxylation is 2. The molecular formula is C20H17FN4O2S. The first kappa shape index (κ1) is 18.1. The summed E-state index contributed by atoms with van der Waals surface area (Å²) in [6.45, 7) is 4.05. The van der Waals surface area contributed by atoms with E-state index in [0.717, 1.165) is 10.6 Å². The lowest BCUT2D eigenvalue weighted by atomic mass is 10.2. The first-order valence-corrected chi connectivity index (χ1v) is 9.44. The third kappa shape index (κ3) is 3.72. The predicted octanol–water partition coefficient (Wildman–Crippen LogP) is 4.27. The second-order valence-electron chi connectivity index (χ2n) is 6.24. The van der Waals surface area contributed by atoms with Crippen LogP contribution in [0.5, 0.6) is 11.5 Å². The number of halogens is 1. The van der Waals surface area contributed by atoms with Crippen LogP contribution in [0.3, 0.4) is 0 Å². The molecule has 0 bridgehead atoms. The number of imidazole rings is 1. The molecule has 0 atom stereocenters. The van der Waals surface area contributed by atoms with Crippen LogP contribution in [0, 0.1) is 19.7 Å². The van der Waals surface area contributed by atoms with Crippen molar-refractivity contribution in [2.75, 3.05) is 0 Å². The summed E-state index contributed by atoms with van der Waals surface area (Å²) in [4.78, 5) is 17.7. The molecule has 0 radical (unpaired) electrons. The first-order chi connectivity index (χ1) is 13.5. The van der Waals surface area contributed by atoms with Gasteiger partial charge in [-0.05, 0) is 55.8 Å². The number of carbonyl (C=O) groups is 1. The Balaban J connectivity index is 1.41. The number of ether oxygens (including phenoxy) is 1. The second-order valence-corrected chi connectivity index (χ2v) is 7.40.